The summed E-state index contributed by atoms with van der Waals surface area (Å²) >= 11 is 1.44. The van der Waals surface area contributed by atoms with Crippen LogP contribution in [0.15, 0.2) is 5.38 Å². The third-order valence-electron chi connectivity index (χ3n) is 2.05. The Morgan fingerprint density at radius 2 is 2.16 bits per heavy atom. The maximum Gasteiger partial charge on any atom is 0.323 e. The van der Waals surface area contributed by atoms with E-state index >= 15 is 0 Å². The Morgan fingerprint density at radius 1 is 1.47 bits per heavy atom. The number of aromatic nitrogens is 1. The number of nitrogens with one attached hydrogen (secondary N) is 1. The van der Waals surface area contributed by atoms with Gasteiger partial charge in [-0.1, -0.05) is 0 Å². The van der Waals surface area contributed by atoms with Crippen molar-refractivity contribution in [3.63, 3.8) is 0 Å². The lowest BCUT2D eigenvalue weighted by atomic mass is 10.4. The molecule has 9 heteroatoms. The van der Waals surface area contributed by atoms with Crippen LogP contribution in [0.1, 0.15) is 10.7 Å². The van der Waals surface area contributed by atoms with Gasteiger partial charge in [0.25, 0.3) is 0 Å². The molecule has 104 valence electrons. The number of carbonyl (C=O) groups excluding carboxylic acids is 2. The van der Waals surface area contributed by atoms with E-state index in [-0.39, 0.29) is 6.54 Å². The third-order valence-corrected chi connectivity index (χ3v) is 2.87. The number of carboxylic acid groups (broad SMARTS) is 1. The van der Waals surface area contributed by atoms with Crippen molar-refractivity contribution in [2.75, 3.05) is 13.1 Å². The fourth-order valence-corrected chi connectivity index (χ4v) is 1.93. The van der Waals surface area contributed by atoms with E-state index in [1.807, 2.05) is 6.92 Å². The summed E-state index contributed by atoms with van der Waals surface area (Å²) in [7, 11) is 0. The smallest absolute Gasteiger partial charge is 0.323 e. The van der Waals surface area contributed by atoms with E-state index in [0.29, 0.717) is 5.69 Å². The van der Waals surface area contributed by atoms with Crippen molar-refractivity contribution in [2.24, 2.45) is 5.73 Å². The van der Waals surface area contributed by atoms with Gasteiger partial charge in [-0.3, -0.25) is 9.59 Å². The van der Waals surface area contributed by atoms with Gasteiger partial charge in [0.2, 0.25) is 5.91 Å². The molecule has 0 saturated carbocycles. The molecule has 19 heavy (non-hydrogen) atoms. The number of nitrogens with zero attached hydrogens (tertiary/aromatic N) is 2. The second kappa shape index (κ2) is 6.69. The van der Waals surface area contributed by atoms with Crippen molar-refractivity contribution in [1.82, 2.24) is 15.2 Å². The maximum absolute atomic E-state index is 11.7. The van der Waals surface area contributed by atoms with Crippen molar-refractivity contribution >= 4 is 29.2 Å². The van der Waals surface area contributed by atoms with E-state index in [1.165, 1.54) is 11.3 Å². The monoisotopic (exact) mass is 286 g/mol. The fraction of sp³-hybridized carbons (Fsp3) is 0.400. The largest absolute Gasteiger partial charge is 0.480 e. The zero-order valence-corrected chi connectivity index (χ0v) is 11.1. The Labute approximate surface area is 113 Å². The molecule has 0 saturated heterocycles. The number of urea groups is 1. The van der Waals surface area contributed by atoms with Crippen LogP contribution in [-0.2, 0) is 16.1 Å². The van der Waals surface area contributed by atoms with Crippen molar-refractivity contribution in [3.8, 4) is 0 Å². The van der Waals surface area contributed by atoms with Gasteiger partial charge >= 0.3 is 12.0 Å². The topological polar surface area (TPSA) is 126 Å². The van der Waals surface area contributed by atoms with Gasteiger partial charge in [-0.2, -0.15) is 0 Å². The van der Waals surface area contributed by atoms with Gasteiger partial charge in [0.05, 0.1) is 17.2 Å². The SMILES string of the molecule is Cc1nc(CNC(=O)N(CC(N)=O)CC(=O)O)cs1. The number of carboxylic acids is 1. The van der Waals surface area contributed by atoms with Gasteiger partial charge in [-0.15, -0.1) is 11.3 Å². The minimum absolute atomic E-state index is 0.165. The van der Waals surface area contributed by atoms with Gasteiger partial charge in [0, 0.05) is 5.38 Å². The molecule has 0 aliphatic rings. The van der Waals surface area contributed by atoms with Gasteiger partial charge in [0.1, 0.15) is 13.1 Å². The number of carbonyl (C=O) groups is 3. The zero-order valence-electron chi connectivity index (χ0n) is 10.3. The highest BCUT2D eigenvalue weighted by Gasteiger charge is 2.18. The van der Waals surface area contributed by atoms with Crippen LogP contribution >= 0.6 is 11.3 Å². The predicted molar refractivity (Wildman–Crippen MR) is 67.5 cm³/mol. The summed E-state index contributed by atoms with van der Waals surface area (Å²) < 4.78 is 0. The first-order chi connectivity index (χ1) is 8.88. The summed E-state index contributed by atoms with van der Waals surface area (Å²) in [5.41, 5.74) is 5.62. The molecule has 4 N–H and O–H groups in total. The van der Waals surface area contributed by atoms with Crippen LogP contribution in [0.4, 0.5) is 4.79 Å². The first kappa shape index (κ1) is 14.9. The summed E-state index contributed by atoms with van der Waals surface area (Å²) in [5, 5.41) is 13.8. The van der Waals surface area contributed by atoms with Crippen LogP contribution < -0.4 is 11.1 Å². The zero-order chi connectivity index (χ0) is 14.4. The second-order valence-electron chi connectivity index (χ2n) is 3.73. The van der Waals surface area contributed by atoms with E-state index in [2.05, 4.69) is 10.3 Å². The van der Waals surface area contributed by atoms with Crippen LogP contribution in [0.3, 0.4) is 0 Å². The molecule has 8 nitrogen and oxygen atoms in total. The summed E-state index contributed by atoms with van der Waals surface area (Å²) in [6, 6.07) is -0.674. The average Bonchev–Trinajstić information content (AvgIpc) is 2.70. The highest BCUT2D eigenvalue weighted by molar-refractivity contribution is 7.09. The van der Waals surface area contributed by atoms with E-state index in [9.17, 15) is 14.4 Å². The van der Waals surface area contributed by atoms with Gasteiger partial charge in [-0.25, -0.2) is 9.78 Å². The van der Waals surface area contributed by atoms with Crippen molar-refractivity contribution in [3.05, 3.63) is 16.1 Å². The molecule has 0 aliphatic carbocycles. The normalized spacial score (nSPS) is 9.95. The summed E-state index contributed by atoms with van der Waals surface area (Å²) in [4.78, 5) is 38.0. The lowest BCUT2D eigenvalue weighted by Crippen LogP contribution is -2.46. The van der Waals surface area contributed by atoms with Crippen LogP contribution in [0, 0.1) is 6.92 Å². The molecule has 0 atom stereocenters. The summed E-state index contributed by atoms with van der Waals surface area (Å²) in [6.07, 6.45) is 0. The number of hydrogen-bond donors (Lipinski definition) is 3. The molecule has 0 aliphatic heterocycles. The van der Waals surface area contributed by atoms with Crippen molar-refractivity contribution in [1.29, 1.82) is 0 Å². The Bertz CT molecular complexity index is 472. The molecular formula is C10H14N4O4S. The molecule has 1 heterocycles. The average molecular weight is 286 g/mol. The Balaban J connectivity index is 2.55. The summed E-state index contributed by atoms with van der Waals surface area (Å²) in [5.74, 6) is -2.00. The highest BCUT2D eigenvalue weighted by Crippen LogP contribution is 2.07. The standard InChI is InChI=1S/C10H14N4O4S/c1-6-13-7(5-19-6)2-12-10(18)14(3-8(11)15)4-9(16)17/h5H,2-4H2,1H3,(H2,11,15)(H,12,18)(H,16,17). The molecule has 0 fully saturated rings. The first-order valence-corrected chi connectivity index (χ1v) is 6.20. The number of thiazole rings is 1. The molecule has 0 unspecified atom stereocenters. The lowest BCUT2D eigenvalue weighted by Gasteiger charge is -2.19. The molecule has 1 aromatic heterocycles. The van der Waals surface area contributed by atoms with E-state index in [1.54, 1.807) is 5.38 Å². The number of nitrogens with two attached hydrogens (primary N) is 1. The van der Waals surface area contributed by atoms with Crippen LogP contribution in [0.2, 0.25) is 0 Å². The molecule has 0 aromatic carbocycles. The third kappa shape index (κ3) is 5.34. The highest BCUT2D eigenvalue weighted by atomic mass is 32.1. The van der Waals surface area contributed by atoms with E-state index in [0.717, 1.165) is 9.91 Å². The molecule has 0 radical (unpaired) electrons. The second-order valence-corrected chi connectivity index (χ2v) is 4.79. The molecular weight excluding hydrogens is 272 g/mol. The number of rotatable bonds is 6. The molecule has 0 spiro atoms. The lowest BCUT2D eigenvalue weighted by molar-refractivity contribution is -0.137. The minimum atomic E-state index is -1.22. The number of primary amides is 1. The van der Waals surface area contributed by atoms with E-state index < -0.39 is 31.0 Å². The van der Waals surface area contributed by atoms with Crippen LogP contribution in [-0.4, -0.2) is 46.0 Å². The maximum atomic E-state index is 11.7. The van der Waals surface area contributed by atoms with Gasteiger partial charge < -0.3 is 21.1 Å². The molecule has 3 amide bonds. The van der Waals surface area contributed by atoms with Crippen molar-refractivity contribution < 1.29 is 19.5 Å². The Morgan fingerprint density at radius 3 is 2.63 bits per heavy atom. The fourth-order valence-electron chi connectivity index (χ4n) is 1.32. The van der Waals surface area contributed by atoms with Gasteiger partial charge in [0.15, 0.2) is 0 Å². The number of aliphatic carboxylic acids is 1. The quantitative estimate of drug-likeness (QED) is 0.652. The first-order valence-electron chi connectivity index (χ1n) is 5.32. The molecule has 0 bridgehead atoms. The predicted octanol–water partition coefficient (Wildman–Crippen LogP) is -0.467. The molecule has 1 aromatic rings. The molecule has 1 rings (SSSR count). The Hall–Kier alpha value is -2.16. The van der Waals surface area contributed by atoms with Crippen LogP contribution in [0.25, 0.3) is 0 Å². The number of aryl methyl sites for hydroxylation is 1. The Kier molecular flexibility index (Phi) is 5.24. The van der Waals surface area contributed by atoms with Gasteiger partial charge in [-0.05, 0) is 6.92 Å². The summed E-state index contributed by atoms with van der Waals surface area (Å²) in [6.45, 7) is 0.955. The number of amides is 3. The van der Waals surface area contributed by atoms with Crippen LogP contribution in [0.5, 0.6) is 0 Å². The van der Waals surface area contributed by atoms with E-state index in [4.69, 9.17) is 10.8 Å². The minimum Gasteiger partial charge on any atom is -0.480 e. The number of hydrogen-bond acceptors (Lipinski definition) is 5. The van der Waals surface area contributed by atoms with Crippen molar-refractivity contribution in [2.45, 2.75) is 13.5 Å².